The third kappa shape index (κ3) is 5.53. The van der Waals surface area contributed by atoms with Crippen molar-refractivity contribution in [3.63, 3.8) is 0 Å². The fourth-order valence-electron chi connectivity index (χ4n) is 12.8. The van der Waals surface area contributed by atoms with Crippen molar-refractivity contribution >= 4 is 5.78 Å². The van der Waals surface area contributed by atoms with Crippen molar-refractivity contribution in [2.24, 2.45) is 0 Å². The summed E-state index contributed by atoms with van der Waals surface area (Å²) in [5, 5.41) is 40.5. The van der Waals surface area contributed by atoms with Gasteiger partial charge < -0.3 is 58.6 Å². The maximum Gasteiger partial charge on any atom is 0.207 e. The summed E-state index contributed by atoms with van der Waals surface area (Å²) in [6.07, 6.45) is 5.65. The Bertz CT molecular complexity index is 1930. The van der Waals surface area contributed by atoms with Gasteiger partial charge in [0.2, 0.25) is 5.79 Å². The second-order valence-corrected chi connectivity index (χ2v) is 18.2. The third-order valence-corrected chi connectivity index (χ3v) is 15.5. The number of likely N-dealkylation sites (N-methyl/N-ethyl adjacent to an activating group) is 2. The molecule has 14 heteroatoms. The standard InChI is InChI=1S/C22H29NO5.C18H21NO4.C4H10O2.V/c1-13-6-11-26-22(28-13)8-7-21(24)16-12-14-4-5-15(25-3)18-17(14)20(21,19(22)27-18)9-10-23(16)2;1-19-8-7-17-14-10-3-4-12(22-2)15(14)23-16(17)11(20)5-6-18(17,21)13(19)9-10;1-4(6)2-3-5;/h4-5,13,16,19,24H,6-12H2,1-3H3;3-4,13,16,21H,5-9H2,1-2H3;4-6H,2-3H2,1H3;/t13?,16-,19-,20+,21?,22?;13-,16+,17+,18?;;/m11../s1. The third-order valence-electron chi connectivity index (χ3n) is 15.5. The predicted molar refractivity (Wildman–Crippen MR) is 208 cm³/mol. The number of benzene rings is 2. The number of ether oxygens (including phenoxy) is 6. The van der Waals surface area contributed by atoms with E-state index >= 15 is 0 Å². The molecule has 2 aromatic rings. The average Bonchev–Trinajstić information content (AvgIpc) is 3.74. The van der Waals surface area contributed by atoms with Crippen LogP contribution in [-0.2, 0) is 56.5 Å². The summed E-state index contributed by atoms with van der Waals surface area (Å²) in [5.41, 5.74) is 1.78. The number of nitrogens with zero attached hydrogens (tertiary/aromatic N) is 2. The van der Waals surface area contributed by atoms with Crippen LogP contribution in [0.15, 0.2) is 24.3 Å². The van der Waals surface area contributed by atoms with E-state index in [1.807, 2.05) is 12.1 Å². The van der Waals surface area contributed by atoms with Crippen molar-refractivity contribution in [1.29, 1.82) is 0 Å². The van der Waals surface area contributed by atoms with Gasteiger partial charge in [-0.05, 0) is 116 Å². The van der Waals surface area contributed by atoms with Crippen LogP contribution in [0.1, 0.15) is 87.5 Å². The van der Waals surface area contributed by atoms with E-state index in [4.69, 9.17) is 38.6 Å². The minimum atomic E-state index is -0.900. The van der Waals surface area contributed by atoms with Gasteiger partial charge in [0.05, 0.1) is 55.1 Å². The van der Waals surface area contributed by atoms with E-state index in [9.17, 15) is 15.0 Å². The first-order valence-corrected chi connectivity index (χ1v) is 21.0. The molecule has 2 saturated carbocycles. The molecule has 317 valence electrons. The molecule has 4 aliphatic carbocycles. The van der Waals surface area contributed by atoms with Crippen molar-refractivity contribution in [3.8, 4) is 23.0 Å². The van der Waals surface area contributed by atoms with Gasteiger partial charge in [0, 0.05) is 61.2 Å². The van der Waals surface area contributed by atoms with Crippen LogP contribution in [0.5, 0.6) is 23.0 Å². The molecule has 13 nitrogen and oxygen atoms in total. The Labute approximate surface area is 353 Å². The Hall–Kier alpha value is -2.43. The van der Waals surface area contributed by atoms with Crippen molar-refractivity contribution in [1.82, 2.24) is 9.80 Å². The van der Waals surface area contributed by atoms with Gasteiger partial charge in [0.25, 0.3) is 0 Å². The summed E-state index contributed by atoms with van der Waals surface area (Å²) in [6.45, 7) is 6.30. The Morgan fingerprint density at radius 2 is 1.41 bits per heavy atom. The zero-order valence-corrected chi connectivity index (χ0v) is 36.1. The first-order chi connectivity index (χ1) is 27.2. The molecular weight excluding hydrogens is 783 g/mol. The zero-order chi connectivity index (χ0) is 40.3. The van der Waals surface area contributed by atoms with Crippen LogP contribution in [0.3, 0.4) is 0 Å². The second-order valence-electron chi connectivity index (χ2n) is 18.2. The number of Topliss-reactive ketones (excluding diaryl/α,β-unsaturated/α-hetero) is 1. The molecule has 11 atom stereocenters. The van der Waals surface area contributed by atoms with Crippen LogP contribution in [0.4, 0.5) is 0 Å². The van der Waals surface area contributed by atoms with Gasteiger partial charge in [-0.2, -0.15) is 0 Å². The van der Waals surface area contributed by atoms with E-state index in [1.165, 1.54) is 11.1 Å². The minimum absolute atomic E-state index is 0. The molecule has 3 spiro atoms. The van der Waals surface area contributed by atoms with E-state index in [-0.39, 0.29) is 61.3 Å². The van der Waals surface area contributed by atoms with E-state index in [0.29, 0.717) is 50.2 Å². The van der Waals surface area contributed by atoms with Crippen LogP contribution in [0, 0.1) is 0 Å². The monoisotopic (exact) mass is 843 g/mol. The molecule has 4 bridgehead atoms. The molecule has 2 aromatic carbocycles. The van der Waals surface area contributed by atoms with Gasteiger partial charge in [-0.15, -0.1) is 0 Å². The second kappa shape index (κ2) is 14.9. The molecule has 5 heterocycles. The predicted octanol–water partition coefficient (Wildman–Crippen LogP) is 2.80. The fourth-order valence-corrected chi connectivity index (χ4v) is 12.8. The quantitative estimate of drug-likeness (QED) is 0.357. The zero-order valence-electron chi connectivity index (χ0n) is 34.7. The van der Waals surface area contributed by atoms with E-state index < -0.39 is 33.9 Å². The number of piperidine rings is 2. The number of carbonyl (C=O) groups is 1. The van der Waals surface area contributed by atoms with Gasteiger partial charge >= 0.3 is 0 Å². The van der Waals surface area contributed by atoms with Gasteiger partial charge in [-0.1, -0.05) is 12.1 Å². The first-order valence-electron chi connectivity index (χ1n) is 21.0. The smallest absolute Gasteiger partial charge is 0.207 e. The largest absolute Gasteiger partial charge is 0.493 e. The summed E-state index contributed by atoms with van der Waals surface area (Å²) < 4.78 is 36.8. The maximum atomic E-state index is 12.7. The Kier molecular flexibility index (Phi) is 10.9. The molecule has 5 aliphatic heterocycles. The summed E-state index contributed by atoms with van der Waals surface area (Å²) in [6, 6.07) is 8.28. The molecule has 0 amide bonds. The van der Waals surface area contributed by atoms with Crippen molar-refractivity contribution < 1.29 is 72.2 Å². The SMILES string of the molecule is CC(O)CCO.COc1ccc2c3c1O[C@H]1C(=O)CCC4(O)[C@@H](C2)N(C)CC[C@]314.COc1ccc2c3c1O[C@H]1C4(CCC5(O)[C@@H](C2)N(C)CC[C@]315)OCCC(C)O4.[V]. The molecule has 5 fully saturated rings. The van der Waals surface area contributed by atoms with Gasteiger partial charge in [0.1, 0.15) is 0 Å². The number of aliphatic hydroxyl groups excluding tert-OH is 2. The summed E-state index contributed by atoms with van der Waals surface area (Å²) in [4.78, 5) is 17.2. The number of aliphatic hydroxyl groups is 4. The van der Waals surface area contributed by atoms with E-state index in [0.717, 1.165) is 67.8 Å². The van der Waals surface area contributed by atoms with Crippen LogP contribution < -0.4 is 18.9 Å². The van der Waals surface area contributed by atoms with Crippen molar-refractivity contribution in [3.05, 3.63) is 46.5 Å². The molecule has 4 N–H and O–H groups in total. The molecular formula is C44H60N2O11V. The van der Waals surface area contributed by atoms with Crippen molar-refractivity contribution in [2.45, 2.75) is 142 Å². The molecule has 5 unspecified atom stereocenters. The Balaban J connectivity index is 0.000000142. The first kappa shape index (κ1) is 42.3. The van der Waals surface area contributed by atoms with Crippen molar-refractivity contribution in [2.75, 3.05) is 54.6 Å². The number of fused-ring (bicyclic) bond motifs is 1. The summed E-state index contributed by atoms with van der Waals surface area (Å²) >= 11 is 0. The van der Waals surface area contributed by atoms with Gasteiger partial charge in [0.15, 0.2) is 41.0 Å². The van der Waals surface area contributed by atoms with E-state index in [1.54, 1.807) is 21.1 Å². The molecule has 0 aromatic heterocycles. The fraction of sp³-hybridized carbons (Fsp3) is 0.705. The number of likely N-dealkylation sites (tertiary alicyclic amines) is 2. The number of carbonyl (C=O) groups excluding carboxylic acids is 1. The van der Waals surface area contributed by atoms with E-state index in [2.05, 4.69) is 43.0 Å². The van der Waals surface area contributed by atoms with Crippen LogP contribution in [0.25, 0.3) is 0 Å². The number of hydrogen-bond acceptors (Lipinski definition) is 13. The maximum absolute atomic E-state index is 12.7. The van der Waals surface area contributed by atoms with Crippen LogP contribution in [-0.4, -0.2) is 144 Å². The van der Waals surface area contributed by atoms with Crippen LogP contribution >= 0.6 is 0 Å². The topological polar surface area (TPSA) is 160 Å². The summed E-state index contributed by atoms with van der Waals surface area (Å²) in [7, 11) is 7.51. The normalized spacial score (nSPS) is 39.9. The number of hydrogen-bond donors (Lipinski definition) is 4. The number of methoxy groups -OCH3 is 2. The average molecular weight is 844 g/mol. The molecule has 3 saturated heterocycles. The van der Waals surface area contributed by atoms with Gasteiger partial charge in [-0.25, -0.2) is 0 Å². The summed E-state index contributed by atoms with van der Waals surface area (Å²) in [5.74, 6) is 2.19. The Morgan fingerprint density at radius 1 is 0.845 bits per heavy atom. The van der Waals surface area contributed by atoms with Gasteiger partial charge in [-0.3, -0.25) is 4.79 Å². The minimum Gasteiger partial charge on any atom is -0.493 e. The molecule has 9 aliphatic rings. The Morgan fingerprint density at radius 3 is 1.97 bits per heavy atom. The molecule has 1 radical (unpaired) electrons. The number of ketones is 1. The molecule has 11 rings (SSSR count). The molecule has 58 heavy (non-hydrogen) atoms. The van der Waals surface area contributed by atoms with Crippen LogP contribution in [0.2, 0.25) is 0 Å². The number of rotatable bonds is 4.